The molecule has 58 heavy (non-hydrogen) atoms. The zero-order valence-electron chi connectivity index (χ0n) is 35.0. The van der Waals surface area contributed by atoms with Crippen molar-refractivity contribution < 1.29 is 60.7 Å². The molecule has 0 aromatic heterocycles. The Morgan fingerprint density at radius 1 is 0.724 bits per heavy atom. The summed E-state index contributed by atoms with van der Waals surface area (Å²) >= 11 is -0.512. The predicted octanol–water partition coefficient (Wildman–Crippen LogP) is 4.23. The second-order valence-electron chi connectivity index (χ2n) is 16.4. The Bertz CT molecular complexity index is 2030. The SMILES string of the molecule is CC(C)c1cccc(C(C)C)c1N1CCN(c2c(C(C)C)cccc2C(C)C)[CH]1/[Ru+2]=[CH]/c1cccc2c1OC(C(C)C)C(=O)N2C(=O)c1ccc([N+](=O)[O-])cc1.[Cl-].[Cl-]. The largest absolute Gasteiger partial charge is 1.00 e. The fourth-order valence-corrected chi connectivity index (χ4v) is 10.3. The number of halogens is 2. The number of imide groups is 1. The third kappa shape index (κ3) is 9.05. The zero-order chi connectivity index (χ0) is 40.6. The molecule has 1 saturated heterocycles. The maximum Gasteiger partial charge on any atom is -1.00 e. The number of fused-ring (bicyclic) bond motifs is 1. The second kappa shape index (κ2) is 19.3. The summed E-state index contributed by atoms with van der Waals surface area (Å²) in [6.45, 7) is 23.8. The molecule has 1 atom stereocenters. The van der Waals surface area contributed by atoms with E-state index >= 15 is 0 Å². The third-order valence-corrected chi connectivity index (χ3v) is 13.2. The maximum absolute atomic E-state index is 14.1. The Kier molecular flexibility index (Phi) is 15.5. The molecule has 6 rings (SSSR count). The number of nitro benzene ring substituents is 1. The fourth-order valence-electron chi connectivity index (χ4n) is 7.79. The molecular formula is C46H55Cl2N4O5Ru. The van der Waals surface area contributed by atoms with Gasteiger partial charge >= 0.3 is 341 Å². The third-order valence-electron chi connectivity index (χ3n) is 10.7. The van der Waals surface area contributed by atoms with Gasteiger partial charge in [-0.25, -0.2) is 0 Å². The molecule has 12 heteroatoms. The van der Waals surface area contributed by atoms with E-state index in [9.17, 15) is 19.7 Å². The van der Waals surface area contributed by atoms with Crippen LogP contribution in [0.2, 0.25) is 0 Å². The molecule has 2 heterocycles. The monoisotopic (exact) mass is 915 g/mol. The van der Waals surface area contributed by atoms with Gasteiger partial charge in [0.2, 0.25) is 0 Å². The molecule has 4 aromatic carbocycles. The van der Waals surface area contributed by atoms with Crippen molar-refractivity contribution in [3.05, 3.63) is 122 Å². The Labute approximate surface area is 363 Å². The van der Waals surface area contributed by atoms with Gasteiger partial charge < -0.3 is 24.8 Å². The number of hydrogen-bond donors (Lipinski definition) is 0. The van der Waals surface area contributed by atoms with E-state index in [1.165, 1.54) is 62.8 Å². The summed E-state index contributed by atoms with van der Waals surface area (Å²) in [5, 5.41) is 11.3. The first-order chi connectivity index (χ1) is 26.6. The minimum atomic E-state index is -0.882. The van der Waals surface area contributed by atoms with Crippen LogP contribution in [-0.2, 0) is 21.5 Å². The van der Waals surface area contributed by atoms with Crippen molar-refractivity contribution in [2.45, 2.75) is 104 Å². The number of non-ortho nitro benzene ring substituents is 1. The van der Waals surface area contributed by atoms with Crippen LogP contribution >= 0.6 is 0 Å². The minimum absolute atomic E-state index is 0. The summed E-state index contributed by atoms with van der Waals surface area (Å²) in [5.41, 5.74) is 9.35. The quantitative estimate of drug-likeness (QED) is 0.0964. The van der Waals surface area contributed by atoms with Gasteiger partial charge in [-0.2, -0.15) is 0 Å². The molecule has 2 amide bonds. The van der Waals surface area contributed by atoms with Crippen LogP contribution in [0.5, 0.6) is 5.75 Å². The van der Waals surface area contributed by atoms with E-state index in [1.807, 2.05) is 26.0 Å². The van der Waals surface area contributed by atoms with E-state index in [1.54, 1.807) is 6.07 Å². The Morgan fingerprint density at radius 3 is 1.59 bits per heavy atom. The molecule has 9 nitrogen and oxygen atoms in total. The molecule has 0 saturated carbocycles. The first kappa shape index (κ1) is 46.6. The van der Waals surface area contributed by atoms with Crippen molar-refractivity contribution in [1.82, 2.24) is 0 Å². The zero-order valence-corrected chi connectivity index (χ0v) is 38.2. The van der Waals surface area contributed by atoms with Crippen LogP contribution in [0.25, 0.3) is 0 Å². The number of carbonyl (C=O) groups is 2. The minimum Gasteiger partial charge on any atom is -1.00 e. The van der Waals surface area contributed by atoms with Crippen LogP contribution in [0.1, 0.15) is 131 Å². The Balaban J connectivity index is 0.00000372. The van der Waals surface area contributed by atoms with Gasteiger partial charge in [0, 0.05) is 0 Å². The molecule has 0 N–H and O–H groups in total. The standard InChI is InChI=1S/C27H39N2.C19H16N2O5.2ClH.Ru/c1-18(2)22-11-9-12-23(19(3)4)26(22)28-15-16-29(17-28)27-24(20(5)6)13-10-14-25(27)21(7)8;1-11(2)16-19(23)20(15-6-4-5-12(3)17(15)26-16)18(22)13-7-9-14(10-8-13)21(24)25;;;/h9-14,17-21H,15-16H2,1-8H3;3-11,16H,1-2H3;2*1H;/q;;;;+2/p-2. The van der Waals surface area contributed by atoms with E-state index in [0.717, 1.165) is 18.7 Å². The summed E-state index contributed by atoms with van der Waals surface area (Å²) < 4.78 is 8.91. The number of carbonyl (C=O) groups excluding carboxylic acids is 2. The Hall–Kier alpha value is -4.11. The van der Waals surface area contributed by atoms with Gasteiger partial charge in [0.25, 0.3) is 0 Å². The summed E-state index contributed by atoms with van der Waals surface area (Å²) in [7, 11) is 0. The van der Waals surface area contributed by atoms with Gasteiger partial charge in [0.15, 0.2) is 0 Å². The van der Waals surface area contributed by atoms with Crippen LogP contribution < -0.4 is 44.3 Å². The molecule has 2 aliphatic heterocycles. The summed E-state index contributed by atoms with van der Waals surface area (Å²) in [6, 6.07) is 24.6. The van der Waals surface area contributed by atoms with E-state index in [0.29, 0.717) is 35.1 Å². The molecule has 1 fully saturated rings. The van der Waals surface area contributed by atoms with E-state index in [4.69, 9.17) is 4.74 Å². The van der Waals surface area contributed by atoms with Crippen molar-refractivity contribution >= 4 is 39.2 Å². The fraction of sp³-hybridized carbons (Fsp3) is 0.413. The van der Waals surface area contributed by atoms with Crippen LogP contribution in [0.15, 0.2) is 78.9 Å². The molecule has 311 valence electrons. The summed E-state index contributed by atoms with van der Waals surface area (Å²) in [4.78, 5) is 45.4. The second-order valence-corrected chi connectivity index (χ2v) is 18.3. The molecule has 0 bridgehead atoms. The first-order valence-corrected chi connectivity index (χ1v) is 21.8. The number of para-hydroxylation sites is 3. The number of benzene rings is 4. The number of amides is 2. The van der Waals surface area contributed by atoms with Gasteiger partial charge in [0.1, 0.15) is 0 Å². The van der Waals surface area contributed by atoms with Gasteiger partial charge in [-0.3, -0.25) is 0 Å². The molecule has 0 aliphatic carbocycles. The van der Waals surface area contributed by atoms with Crippen LogP contribution in [-0.4, -0.2) is 45.3 Å². The number of nitro groups is 1. The van der Waals surface area contributed by atoms with Gasteiger partial charge in [-0.1, -0.05) is 0 Å². The number of hydrogen-bond acceptors (Lipinski definition) is 7. The predicted molar refractivity (Wildman–Crippen MR) is 223 cm³/mol. The first-order valence-electron chi connectivity index (χ1n) is 19.8. The molecule has 0 spiro atoms. The molecule has 0 radical (unpaired) electrons. The van der Waals surface area contributed by atoms with Crippen LogP contribution in [0.4, 0.5) is 22.7 Å². The van der Waals surface area contributed by atoms with Gasteiger partial charge in [-0.15, -0.1) is 0 Å². The topological polar surface area (TPSA) is 96.2 Å². The Morgan fingerprint density at radius 2 is 1.17 bits per heavy atom. The van der Waals surface area contributed by atoms with Crippen LogP contribution in [0, 0.1) is 16.0 Å². The molecule has 1 unspecified atom stereocenters. The summed E-state index contributed by atoms with van der Waals surface area (Å²) in [5.74, 6) is 0.649. The van der Waals surface area contributed by atoms with E-state index < -0.39 is 39.5 Å². The van der Waals surface area contributed by atoms with Crippen molar-refractivity contribution in [2.75, 3.05) is 27.8 Å². The van der Waals surface area contributed by atoms with E-state index in [2.05, 4.69) is 106 Å². The van der Waals surface area contributed by atoms with Crippen LogP contribution in [0.3, 0.4) is 0 Å². The molecule has 2 aliphatic rings. The average molecular weight is 916 g/mol. The van der Waals surface area contributed by atoms with Crippen molar-refractivity contribution in [1.29, 1.82) is 0 Å². The van der Waals surface area contributed by atoms with Gasteiger partial charge in [0.05, 0.1) is 0 Å². The molecule has 4 aromatic rings. The van der Waals surface area contributed by atoms with E-state index in [-0.39, 0.29) is 46.7 Å². The number of ether oxygens (including phenoxy) is 1. The number of anilines is 3. The van der Waals surface area contributed by atoms with Crippen molar-refractivity contribution in [3.63, 3.8) is 0 Å². The van der Waals surface area contributed by atoms with Crippen molar-refractivity contribution in [2.24, 2.45) is 5.92 Å². The van der Waals surface area contributed by atoms with Crippen molar-refractivity contribution in [3.8, 4) is 5.75 Å². The number of nitrogens with zero attached hydrogens (tertiary/aromatic N) is 4. The maximum atomic E-state index is 14.1. The normalized spacial score (nSPS) is 15.7. The molecular weight excluding hydrogens is 861 g/mol. The average Bonchev–Trinajstić information content (AvgIpc) is 3.58. The summed E-state index contributed by atoms with van der Waals surface area (Å²) in [6.07, 6.45) is -0.882. The smallest absolute Gasteiger partial charge is 1.00 e. The number of rotatable bonds is 11. The van der Waals surface area contributed by atoms with Gasteiger partial charge in [-0.05, 0) is 0 Å².